The van der Waals surface area contributed by atoms with E-state index in [1.807, 2.05) is 24.3 Å². The summed E-state index contributed by atoms with van der Waals surface area (Å²) in [5, 5.41) is 0.761. The molecule has 51 valence electrons. The number of rotatable bonds is 0. The van der Waals surface area contributed by atoms with E-state index in [0.717, 1.165) is 11.0 Å². The second kappa shape index (κ2) is 6.15. The number of halogens is 2. The third-order valence-corrected chi connectivity index (χ3v) is 1.17. The maximum absolute atomic E-state index is 5.58. The SMILES string of the molecule is C=C1C=C[C](Cl)C=C1.[Cl-].[Zn]. The zero-order chi connectivity index (χ0) is 5.98. The Morgan fingerprint density at radius 1 is 1.10 bits per heavy atom. The average molecular weight is 226 g/mol. The maximum atomic E-state index is 5.58. The average Bonchev–Trinajstić information content (AvgIpc) is 1.77. The molecular weight excluding hydrogens is 220 g/mol. The van der Waals surface area contributed by atoms with Gasteiger partial charge in [-0.15, -0.1) is 11.6 Å². The molecule has 0 amide bonds. The largest absolute Gasteiger partial charge is 1.00 e. The molecule has 0 nitrogen and oxygen atoms in total. The van der Waals surface area contributed by atoms with E-state index in [2.05, 4.69) is 6.58 Å². The topological polar surface area (TPSA) is 0 Å². The van der Waals surface area contributed by atoms with Gasteiger partial charge >= 0.3 is 0 Å². The first kappa shape index (κ1) is 13.0. The van der Waals surface area contributed by atoms with Gasteiger partial charge in [0.15, 0.2) is 0 Å². The molecule has 0 N–H and O–H groups in total. The summed E-state index contributed by atoms with van der Waals surface area (Å²) < 4.78 is 0. The minimum atomic E-state index is 0. The molecule has 0 fully saturated rings. The van der Waals surface area contributed by atoms with E-state index in [1.165, 1.54) is 0 Å². The Bertz CT molecular complexity index is 145. The quantitative estimate of drug-likeness (QED) is 0.486. The third-order valence-electron chi connectivity index (χ3n) is 0.913. The number of hydrogen-bond acceptors (Lipinski definition) is 0. The fourth-order valence-electron chi connectivity index (χ4n) is 0.484. The van der Waals surface area contributed by atoms with Crippen LogP contribution in [0.2, 0.25) is 0 Å². The molecule has 3 heteroatoms. The number of allylic oxidation sites excluding steroid dienone is 5. The minimum Gasteiger partial charge on any atom is -1.00 e. The molecule has 10 heavy (non-hydrogen) atoms. The number of hydrogen-bond donors (Lipinski definition) is 0. The smallest absolute Gasteiger partial charge is 0.107 e. The van der Waals surface area contributed by atoms with Gasteiger partial charge < -0.3 is 12.4 Å². The maximum Gasteiger partial charge on any atom is 0.107 e. The molecule has 0 saturated heterocycles. The third kappa shape index (κ3) is 4.27. The van der Waals surface area contributed by atoms with E-state index >= 15 is 0 Å². The first-order valence-electron chi connectivity index (χ1n) is 2.36. The van der Waals surface area contributed by atoms with Crippen LogP contribution >= 0.6 is 11.6 Å². The van der Waals surface area contributed by atoms with Crippen molar-refractivity contribution >= 4 is 11.6 Å². The fraction of sp³-hybridized carbons (Fsp3) is 0. The Morgan fingerprint density at radius 3 is 1.80 bits per heavy atom. The van der Waals surface area contributed by atoms with E-state index in [0.29, 0.717) is 0 Å². The van der Waals surface area contributed by atoms with Gasteiger partial charge in [-0.2, -0.15) is 0 Å². The molecule has 0 aliphatic heterocycles. The van der Waals surface area contributed by atoms with E-state index in [9.17, 15) is 0 Å². The van der Waals surface area contributed by atoms with Crippen molar-refractivity contribution in [3.05, 3.63) is 41.8 Å². The summed E-state index contributed by atoms with van der Waals surface area (Å²) in [7, 11) is 0. The van der Waals surface area contributed by atoms with Gasteiger partial charge in [0.1, 0.15) is 5.38 Å². The predicted octanol–water partition coefficient (Wildman–Crippen LogP) is -0.559. The van der Waals surface area contributed by atoms with E-state index in [1.54, 1.807) is 0 Å². The Labute approximate surface area is 85.2 Å². The second-order valence-corrected chi connectivity index (χ2v) is 2.06. The molecule has 0 aromatic carbocycles. The minimum absolute atomic E-state index is 0. The molecule has 0 bridgehead atoms. The molecule has 1 radical (unpaired) electrons. The molecule has 0 heterocycles. The van der Waals surface area contributed by atoms with Gasteiger partial charge in [0.2, 0.25) is 0 Å². The fourth-order valence-corrected chi connectivity index (χ4v) is 0.610. The van der Waals surface area contributed by atoms with Crippen molar-refractivity contribution in [2.75, 3.05) is 0 Å². The van der Waals surface area contributed by atoms with E-state index in [-0.39, 0.29) is 31.9 Å². The molecule has 0 saturated carbocycles. The van der Waals surface area contributed by atoms with Gasteiger partial charge in [-0.25, -0.2) is 0 Å². The summed E-state index contributed by atoms with van der Waals surface area (Å²) in [5.74, 6) is 0. The molecule has 0 spiro atoms. The van der Waals surface area contributed by atoms with E-state index in [4.69, 9.17) is 11.6 Å². The molecule has 1 aliphatic carbocycles. The monoisotopic (exact) mass is 224 g/mol. The van der Waals surface area contributed by atoms with Crippen LogP contribution in [-0.2, 0) is 19.5 Å². The molecular formula is C7H6Cl2Zn-. The van der Waals surface area contributed by atoms with Crippen molar-refractivity contribution in [2.24, 2.45) is 0 Å². The summed E-state index contributed by atoms with van der Waals surface area (Å²) in [6.45, 7) is 3.70. The standard InChI is InChI=1S/C7H6Cl.ClH.Zn/c1-6-2-4-7(8)5-3-6;;/h2-5H,1H2;1H;/p-1. The molecule has 1 rings (SSSR count). The van der Waals surface area contributed by atoms with Crippen LogP contribution in [-0.4, -0.2) is 0 Å². The van der Waals surface area contributed by atoms with Crippen LogP contribution in [0.15, 0.2) is 36.5 Å². The van der Waals surface area contributed by atoms with Crippen molar-refractivity contribution in [1.29, 1.82) is 0 Å². The van der Waals surface area contributed by atoms with Crippen LogP contribution in [0.3, 0.4) is 0 Å². The van der Waals surface area contributed by atoms with Crippen molar-refractivity contribution in [1.82, 2.24) is 0 Å². The van der Waals surface area contributed by atoms with Gasteiger partial charge in [0.25, 0.3) is 0 Å². The van der Waals surface area contributed by atoms with Crippen molar-refractivity contribution in [2.45, 2.75) is 0 Å². The Kier molecular flexibility index (Phi) is 8.03. The summed E-state index contributed by atoms with van der Waals surface area (Å²) in [5.41, 5.74) is 0.995. The summed E-state index contributed by atoms with van der Waals surface area (Å²) >= 11 is 5.58. The van der Waals surface area contributed by atoms with Gasteiger partial charge in [-0.05, 0) is 5.57 Å². The van der Waals surface area contributed by atoms with Crippen LogP contribution in [0.5, 0.6) is 0 Å². The molecule has 0 aromatic rings. The van der Waals surface area contributed by atoms with Crippen LogP contribution in [0, 0.1) is 5.38 Å². The molecule has 0 aromatic heterocycles. The summed E-state index contributed by atoms with van der Waals surface area (Å²) in [6.07, 6.45) is 7.40. The molecule has 1 aliphatic rings. The van der Waals surface area contributed by atoms with Crippen molar-refractivity contribution in [3.63, 3.8) is 0 Å². The van der Waals surface area contributed by atoms with Crippen molar-refractivity contribution < 1.29 is 31.9 Å². The van der Waals surface area contributed by atoms with E-state index < -0.39 is 0 Å². The van der Waals surface area contributed by atoms with Crippen LogP contribution in [0.1, 0.15) is 0 Å². The Balaban J connectivity index is 0. The van der Waals surface area contributed by atoms with Gasteiger partial charge in [0, 0.05) is 19.5 Å². The van der Waals surface area contributed by atoms with Crippen LogP contribution < -0.4 is 12.4 Å². The van der Waals surface area contributed by atoms with Gasteiger partial charge in [-0.1, -0.05) is 30.9 Å². The van der Waals surface area contributed by atoms with Crippen LogP contribution in [0.25, 0.3) is 0 Å². The first-order valence-corrected chi connectivity index (χ1v) is 2.74. The van der Waals surface area contributed by atoms with Crippen molar-refractivity contribution in [3.8, 4) is 0 Å². The predicted molar refractivity (Wildman–Crippen MR) is 36.5 cm³/mol. The van der Waals surface area contributed by atoms with Crippen LogP contribution in [0.4, 0.5) is 0 Å². The van der Waals surface area contributed by atoms with Gasteiger partial charge in [-0.3, -0.25) is 0 Å². The Morgan fingerprint density at radius 2 is 1.50 bits per heavy atom. The Hall–Kier alpha value is 0.423. The summed E-state index contributed by atoms with van der Waals surface area (Å²) in [6, 6.07) is 0. The second-order valence-electron chi connectivity index (χ2n) is 1.63. The van der Waals surface area contributed by atoms with Gasteiger partial charge in [0.05, 0.1) is 0 Å². The zero-order valence-electron chi connectivity index (χ0n) is 5.48. The first-order chi connectivity index (χ1) is 3.79. The molecule has 0 atom stereocenters. The normalized spacial score (nSPS) is 15.9. The molecule has 0 unspecified atom stereocenters. The summed E-state index contributed by atoms with van der Waals surface area (Å²) in [4.78, 5) is 0. The zero-order valence-corrected chi connectivity index (χ0v) is 9.96.